The van der Waals surface area contributed by atoms with E-state index in [0.29, 0.717) is 27.8 Å². The van der Waals surface area contributed by atoms with Gasteiger partial charge >= 0.3 is 0 Å². The highest BCUT2D eigenvalue weighted by atomic mass is 79.9. The Hall–Kier alpha value is -1.76. The molecule has 1 unspecified atom stereocenters. The highest BCUT2D eigenvalue weighted by molar-refractivity contribution is 9.10. The summed E-state index contributed by atoms with van der Waals surface area (Å²) in [5.41, 5.74) is 1.61. The van der Waals surface area contributed by atoms with Crippen molar-refractivity contribution in [1.82, 2.24) is 10.2 Å². The summed E-state index contributed by atoms with van der Waals surface area (Å²) in [5, 5.41) is 4.03. The van der Waals surface area contributed by atoms with Crippen LogP contribution in [0.25, 0.3) is 0 Å². The predicted octanol–water partition coefficient (Wildman–Crippen LogP) is 6.31. The molecule has 178 valence electrons. The van der Waals surface area contributed by atoms with Gasteiger partial charge in [0.1, 0.15) is 11.8 Å². The Morgan fingerprint density at radius 1 is 1.18 bits per heavy atom. The third kappa shape index (κ3) is 6.87. The van der Waals surface area contributed by atoms with E-state index in [4.69, 9.17) is 27.9 Å². The summed E-state index contributed by atoms with van der Waals surface area (Å²) < 4.78 is 6.74. The topological polar surface area (TPSA) is 58.6 Å². The molecule has 0 aliphatic heterocycles. The predicted molar refractivity (Wildman–Crippen MR) is 136 cm³/mol. The summed E-state index contributed by atoms with van der Waals surface area (Å²) in [6.07, 6.45) is 4.63. The molecule has 0 spiro atoms. The first-order chi connectivity index (χ1) is 15.8. The number of halogens is 3. The van der Waals surface area contributed by atoms with Crippen molar-refractivity contribution in [3.63, 3.8) is 0 Å². The molecule has 2 amide bonds. The van der Waals surface area contributed by atoms with Gasteiger partial charge in [0.2, 0.25) is 5.91 Å². The molecular weight excluding hydrogens is 527 g/mol. The van der Waals surface area contributed by atoms with Crippen molar-refractivity contribution >= 4 is 50.9 Å². The Bertz CT molecular complexity index is 975. The molecule has 1 aliphatic carbocycles. The lowest BCUT2D eigenvalue weighted by molar-refractivity contribution is -0.143. The molecule has 0 saturated heterocycles. The van der Waals surface area contributed by atoms with Gasteiger partial charge in [0.15, 0.2) is 6.61 Å². The molecule has 1 N–H and O–H groups in total. The number of aryl methyl sites for hydroxylation is 1. The summed E-state index contributed by atoms with van der Waals surface area (Å²) in [7, 11) is 0. The lowest BCUT2D eigenvalue weighted by Gasteiger charge is -2.32. The zero-order valence-corrected chi connectivity index (χ0v) is 22.0. The second kappa shape index (κ2) is 12.1. The number of carbonyl (C=O) groups is 2. The summed E-state index contributed by atoms with van der Waals surface area (Å²) in [4.78, 5) is 28.1. The Kier molecular flexibility index (Phi) is 9.47. The van der Waals surface area contributed by atoms with Gasteiger partial charge in [-0.25, -0.2) is 0 Å². The Labute approximate surface area is 213 Å². The molecule has 3 rings (SSSR count). The first-order valence-electron chi connectivity index (χ1n) is 11.2. The first-order valence-corrected chi connectivity index (χ1v) is 12.8. The number of rotatable bonds is 9. The highest BCUT2D eigenvalue weighted by Crippen LogP contribution is 2.28. The molecule has 1 atom stereocenters. The van der Waals surface area contributed by atoms with Gasteiger partial charge in [0, 0.05) is 32.7 Å². The van der Waals surface area contributed by atoms with Crippen molar-refractivity contribution in [2.75, 3.05) is 6.61 Å². The number of carbonyl (C=O) groups excluding carboxylic acids is 2. The lowest BCUT2D eigenvalue weighted by atomic mass is 10.1. The first kappa shape index (κ1) is 25.9. The monoisotopic (exact) mass is 554 g/mol. The summed E-state index contributed by atoms with van der Waals surface area (Å²) >= 11 is 16.2. The van der Waals surface area contributed by atoms with E-state index in [1.807, 2.05) is 26.0 Å². The van der Waals surface area contributed by atoms with Crippen LogP contribution in [0.2, 0.25) is 10.0 Å². The van der Waals surface area contributed by atoms with Crippen LogP contribution in [0.5, 0.6) is 5.75 Å². The fourth-order valence-corrected chi connectivity index (χ4v) is 4.84. The van der Waals surface area contributed by atoms with Crippen LogP contribution < -0.4 is 10.1 Å². The molecule has 1 aliphatic rings. The van der Waals surface area contributed by atoms with Gasteiger partial charge in [-0.15, -0.1) is 0 Å². The fourth-order valence-electron chi connectivity index (χ4n) is 4.08. The molecule has 1 saturated carbocycles. The maximum absolute atomic E-state index is 13.4. The van der Waals surface area contributed by atoms with Crippen molar-refractivity contribution in [1.29, 1.82) is 0 Å². The van der Waals surface area contributed by atoms with Gasteiger partial charge in [0.05, 0.1) is 0 Å². The van der Waals surface area contributed by atoms with Crippen LogP contribution >= 0.6 is 39.1 Å². The Morgan fingerprint density at radius 3 is 2.45 bits per heavy atom. The maximum atomic E-state index is 13.4. The van der Waals surface area contributed by atoms with Crippen molar-refractivity contribution in [3.8, 4) is 5.75 Å². The van der Waals surface area contributed by atoms with Gasteiger partial charge in [-0.3, -0.25) is 9.59 Å². The Morgan fingerprint density at radius 2 is 1.85 bits per heavy atom. The van der Waals surface area contributed by atoms with E-state index in [2.05, 4.69) is 21.2 Å². The Balaban J connectivity index is 1.81. The molecule has 0 aromatic heterocycles. The van der Waals surface area contributed by atoms with Gasteiger partial charge < -0.3 is 15.0 Å². The number of hydrogen-bond acceptors (Lipinski definition) is 3. The van der Waals surface area contributed by atoms with Crippen LogP contribution in [-0.4, -0.2) is 35.4 Å². The third-order valence-corrected chi connectivity index (χ3v) is 7.57. The number of nitrogens with zero attached hydrogens (tertiary/aromatic N) is 1. The van der Waals surface area contributed by atoms with Crippen LogP contribution in [0, 0.1) is 6.92 Å². The average molecular weight is 556 g/mol. The molecule has 5 nitrogen and oxygen atoms in total. The number of ether oxygens (including phenoxy) is 1. The van der Waals surface area contributed by atoms with E-state index in [1.54, 1.807) is 24.3 Å². The van der Waals surface area contributed by atoms with Gasteiger partial charge in [-0.1, -0.05) is 65.0 Å². The highest BCUT2D eigenvalue weighted by Gasteiger charge is 2.31. The van der Waals surface area contributed by atoms with E-state index >= 15 is 0 Å². The van der Waals surface area contributed by atoms with Crippen LogP contribution in [0.3, 0.4) is 0 Å². The SMILES string of the molecule is CCC(C(=O)NC1CCCC1)N(Cc1c(Cl)cccc1Cl)C(=O)COc1ccc(Br)c(C)c1. The van der Waals surface area contributed by atoms with Crippen molar-refractivity contribution < 1.29 is 14.3 Å². The zero-order chi connectivity index (χ0) is 24.0. The van der Waals surface area contributed by atoms with Crippen LogP contribution in [0.1, 0.15) is 50.2 Å². The van der Waals surface area contributed by atoms with E-state index in [0.717, 1.165) is 35.7 Å². The zero-order valence-electron chi connectivity index (χ0n) is 18.9. The minimum Gasteiger partial charge on any atom is -0.484 e. The van der Waals surface area contributed by atoms with Crippen LogP contribution in [-0.2, 0) is 16.1 Å². The second-order valence-corrected chi connectivity index (χ2v) is 10.0. The number of benzene rings is 2. The minimum atomic E-state index is -0.652. The summed E-state index contributed by atoms with van der Waals surface area (Å²) in [6.45, 7) is 3.77. The van der Waals surface area contributed by atoms with E-state index in [-0.39, 0.29) is 31.0 Å². The molecule has 0 bridgehead atoms. The van der Waals surface area contributed by atoms with E-state index < -0.39 is 6.04 Å². The van der Waals surface area contributed by atoms with E-state index in [9.17, 15) is 9.59 Å². The summed E-state index contributed by atoms with van der Waals surface area (Å²) in [5.74, 6) is 0.128. The number of nitrogens with one attached hydrogen (secondary N) is 1. The molecule has 2 aromatic rings. The molecule has 33 heavy (non-hydrogen) atoms. The van der Waals surface area contributed by atoms with Crippen LogP contribution in [0.15, 0.2) is 40.9 Å². The lowest BCUT2D eigenvalue weighted by Crippen LogP contribution is -2.52. The van der Waals surface area contributed by atoms with E-state index in [1.165, 1.54) is 4.90 Å². The van der Waals surface area contributed by atoms with Crippen molar-refractivity contribution in [2.24, 2.45) is 0 Å². The molecule has 1 fully saturated rings. The molecular formula is C25H29BrCl2N2O3. The largest absolute Gasteiger partial charge is 0.484 e. The average Bonchev–Trinajstić information content (AvgIpc) is 3.29. The molecule has 8 heteroatoms. The van der Waals surface area contributed by atoms with Gasteiger partial charge in [0.25, 0.3) is 5.91 Å². The van der Waals surface area contributed by atoms with Crippen LogP contribution in [0.4, 0.5) is 0 Å². The molecule has 2 aromatic carbocycles. The quantitative estimate of drug-likeness (QED) is 0.394. The second-order valence-electron chi connectivity index (χ2n) is 8.34. The smallest absolute Gasteiger partial charge is 0.261 e. The van der Waals surface area contributed by atoms with Gasteiger partial charge in [-0.2, -0.15) is 0 Å². The molecule has 0 heterocycles. The van der Waals surface area contributed by atoms with Crippen molar-refractivity contribution in [3.05, 3.63) is 62.0 Å². The molecule has 0 radical (unpaired) electrons. The third-order valence-electron chi connectivity index (χ3n) is 5.97. The fraction of sp³-hybridized carbons (Fsp3) is 0.440. The van der Waals surface area contributed by atoms with Crippen molar-refractivity contribution in [2.45, 2.75) is 64.6 Å². The maximum Gasteiger partial charge on any atom is 0.261 e. The normalized spacial score (nSPS) is 14.7. The summed E-state index contributed by atoms with van der Waals surface area (Å²) in [6, 6.07) is 10.2. The minimum absolute atomic E-state index is 0.122. The van der Waals surface area contributed by atoms with Gasteiger partial charge in [-0.05, 0) is 62.1 Å². The standard InChI is InChI=1S/C25H29BrCl2N2O3/c1-3-23(25(32)29-17-7-4-5-8-17)30(14-19-21(27)9-6-10-22(19)28)24(31)15-33-18-11-12-20(26)16(2)13-18/h6,9-13,17,23H,3-5,7-8,14-15H2,1-2H3,(H,29,32). The number of amides is 2. The number of hydrogen-bond donors (Lipinski definition) is 1.